The van der Waals surface area contributed by atoms with E-state index in [4.69, 9.17) is 0 Å². The molecule has 0 aliphatic heterocycles. The van der Waals surface area contributed by atoms with Gasteiger partial charge >= 0.3 is 0 Å². The van der Waals surface area contributed by atoms with E-state index >= 15 is 0 Å². The van der Waals surface area contributed by atoms with E-state index < -0.39 is 5.54 Å². The number of rotatable bonds is 3. The maximum atomic E-state index is 12.4. The van der Waals surface area contributed by atoms with Crippen molar-refractivity contribution in [1.82, 2.24) is 20.3 Å². The van der Waals surface area contributed by atoms with Crippen LogP contribution in [0.4, 0.5) is 0 Å². The maximum absolute atomic E-state index is 12.4. The topological polar surface area (TPSA) is 70.7 Å². The van der Waals surface area contributed by atoms with Crippen LogP contribution in [0.2, 0.25) is 0 Å². The van der Waals surface area contributed by atoms with Crippen molar-refractivity contribution in [3.05, 3.63) is 47.0 Å². The molecule has 0 spiro atoms. The summed E-state index contributed by atoms with van der Waals surface area (Å²) in [7, 11) is 0. The molecule has 2 aromatic heterocycles. The molecule has 0 aliphatic rings. The Balaban J connectivity index is 1.84. The first-order valence-corrected chi connectivity index (χ1v) is 7.51. The Morgan fingerprint density at radius 3 is 2.86 bits per heavy atom. The molecule has 5 nitrogen and oxygen atoms in total. The maximum Gasteiger partial charge on any atom is 0.252 e. The number of H-pyrrole nitrogens is 1. The molecule has 0 fully saturated rings. The van der Waals surface area contributed by atoms with Gasteiger partial charge < -0.3 is 10.3 Å². The van der Waals surface area contributed by atoms with Crippen molar-refractivity contribution >= 4 is 27.5 Å². The second-order valence-electron chi connectivity index (χ2n) is 5.53. The van der Waals surface area contributed by atoms with Crippen LogP contribution in [0.1, 0.15) is 35.7 Å². The number of fused-ring (bicyclic) bond motifs is 1. The molecule has 0 saturated carbocycles. The lowest BCUT2D eigenvalue weighted by atomic mass is 10.0. The molecule has 108 valence electrons. The highest BCUT2D eigenvalue weighted by Gasteiger charge is 2.26. The molecule has 6 heteroatoms. The minimum Gasteiger partial charge on any atom is -0.344 e. The fourth-order valence-electron chi connectivity index (χ4n) is 2.14. The van der Waals surface area contributed by atoms with Crippen LogP contribution in [0.5, 0.6) is 0 Å². The van der Waals surface area contributed by atoms with Gasteiger partial charge in [-0.05, 0) is 39.0 Å². The molecule has 0 saturated heterocycles. The summed E-state index contributed by atoms with van der Waals surface area (Å²) in [5.74, 6) is 0.622. The van der Waals surface area contributed by atoms with Crippen molar-refractivity contribution in [3.63, 3.8) is 0 Å². The summed E-state index contributed by atoms with van der Waals surface area (Å²) in [6, 6.07) is 5.53. The number of aryl methyl sites for hydroxylation is 1. The van der Waals surface area contributed by atoms with Crippen LogP contribution < -0.4 is 5.32 Å². The normalized spacial score (nSPS) is 11.8. The number of nitrogens with zero attached hydrogens (tertiary/aromatic N) is 2. The summed E-state index contributed by atoms with van der Waals surface area (Å²) < 4.78 is 1.01. The molecule has 0 aliphatic carbocycles. The van der Waals surface area contributed by atoms with Gasteiger partial charge in [-0.2, -0.15) is 0 Å². The number of aromatic amines is 1. The minimum absolute atomic E-state index is 0.121. The van der Waals surface area contributed by atoms with Gasteiger partial charge in [0.05, 0.1) is 21.3 Å². The van der Waals surface area contributed by atoms with E-state index in [-0.39, 0.29) is 5.91 Å². The summed E-state index contributed by atoms with van der Waals surface area (Å²) in [5, 5.41) is 3.01. The Labute approximate surface area is 126 Å². The van der Waals surface area contributed by atoms with E-state index in [2.05, 4.69) is 20.3 Å². The number of amides is 1. The third-order valence-electron chi connectivity index (χ3n) is 3.31. The first kappa shape index (κ1) is 13.8. The van der Waals surface area contributed by atoms with Crippen LogP contribution in [0.25, 0.3) is 10.2 Å². The van der Waals surface area contributed by atoms with Gasteiger partial charge in [0.15, 0.2) is 0 Å². The molecule has 1 aromatic carbocycles. The molecule has 0 radical (unpaired) electrons. The molecule has 3 aromatic rings. The number of benzene rings is 1. The highest BCUT2D eigenvalue weighted by Crippen LogP contribution is 2.21. The van der Waals surface area contributed by atoms with Gasteiger partial charge in [0.2, 0.25) is 0 Å². The molecule has 2 N–H and O–H groups in total. The lowest BCUT2D eigenvalue weighted by Gasteiger charge is -2.24. The van der Waals surface area contributed by atoms with Gasteiger partial charge in [-0.3, -0.25) is 4.79 Å². The number of imidazole rings is 1. The van der Waals surface area contributed by atoms with Crippen molar-refractivity contribution in [2.75, 3.05) is 0 Å². The Bertz CT molecular complexity index is 803. The lowest BCUT2D eigenvalue weighted by molar-refractivity contribution is 0.0909. The van der Waals surface area contributed by atoms with E-state index in [0.717, 1.165) is 21.7 Å². The Hall–Kier alpha value is -2.21. The summed E-state index contributed by atoms with van der Waals surface area (Å²) in [4.78, 5) is 24.1. The van der Waals surface area contributed by atoms with Crippen LogP contribution >= 0.6 is 11.3 Å². The number of aromatic nitrogens is 3. The Kier molecular flexibility index (Phi) is 3.25. The quantitative estimate of drug-likeness (QED) is 0.781. The van der Waals surface area contributed by atoms with Crippen molar-refractivity contribution in [2.24, 2.45) is 0 Å². The molecule has 21 heavy (non-hydrogen) atoms. The van der Waals surface area contributed by atoms with E-state index in [1.807, 2.05) is 32.9 Å². The SMILES string of the molecule is Cc1cnc(C(C)(C)NC(=O)c2ccc3ncsc3c2)[nH]1. The van der Waals surface area contributed by atoms with Gasteiger partial charge in [-0.1, -0.05) is 0 Å². The number of carbonyl (C=O) groups excluding carboxylic acids is 1. The van der Waals surface area contributed by atoms with Crippen molar-refractivity contribution in [2.45, 2.75) is 26.3 Å². The van der Waals surface area contributed by atoms with Crippen LogP contribution in [0.3, 0.4) is 0 Å². The summed E-state index contributed by atoms with van der Waals surface area (Å²) >= 11 is 1.53. The second kappa shape index (κ2) is 4.96. The predicted molar refractivity (Wildman–Crippen MR) is 83.4 cm³/mol. The largest absolute Gasteiger partial charge is 0.344 e. The van der Waals surface area contributed by atoms with Gasteiger partial charge in [-0.25, -0.2) is 9.97 Å². The third kappa shape index (κ3) is 2.67. The number of thiazole rings is 1. The Morgan fingerprint density at radius 1 is 1.33 bits per heavy atom. The van der Waals surface area contributed by atoms with E-state index in [0.29, 0.717) is 5.56 Å². The van der Waals surface area contributed by atoms with Crippen LogP contribution in [0, 0.1) is 6.92 Å². The van der Waals surface area contributed by atoms with E-state index in [1.54, 1.807) is 17.8 Å². The fraction of sp³-hybridized carbons (Fsp3) is 0.267. The molecular formula is C15H16N4OS. The van der Waals surface area contributed by atoms with Crippen LogP contribution in [-0.4, -0.2) is 20.9 Å². The highest BCUT2D eigenvalue weighted by atomic mass is 32.1. The predicted octanol–water partition coefficient (Wildman–Crippen LogP) is 2.99. The average molecular weight is 300 g/mol. The zero-order valence-electron chi connectivity index (χ0n) is 12.1. The van der Waals surface area contributed by atoms with Gasteiger partial charge in [0.25, 0.3) is 5.91 Å². The summed E-state index contributed by atoms with van der Waals surface area (Å²) in [5.41, 5.74) is 3.73. The van der Waals surface area contributed by atoms with Crippen LogP contribution in [0.15, 0.2) is 29.9 Å². The molecule has 0 bridgehead atoms. The van der Waals surface area contributed by atoms with E-state index in [9.17, 15) is 4.79 Å². The minimum atomic E-state index is -0.562. The first-order valence-electron chi connectivity index (χ1n) is 6.63. The second-order valence-corrected chi connectivity index (χ2v) is 6.42. The smallest absolute Gasteiger partial charge is 0.252 e. The van der Waals surface area contributed by atoms with Gasteiger partial charge in [-0.15, -0.1) is 11.3 Å². The zero-order chi connectivity index (χ0) is 15.0. The third-order valence-corrected chi connectivity index (χ3v) is 4.11. The monoisotopic (exact) mass is 300 g/mol. The van der Waals surface area contributed by atoms with Crippen molar-refractivity contribution in [1.29, 1.82) is 0 Å². The van der Waals surface area contributed by atoms with Gasteiger partial charge in [0.1, 0.15) is 5.82 Å². The molecule has 0 atom stereocenters. The summed E-state index contributed by atoms with van der Waals surface area (Å²) in [6.45, 7) is 5.79. The standard InChI is InChI=1S/C15H16N4OS/c1-9-7-16-14(18-9)15(2,3)19-13(20)10-4-5-11-12(6-10)21-8-17-11/h4-8H,1-3H3,(H,16,18)(H,19,20). The number of hydrogen-bond donors (Lipinski definition) is 2. The fourth-order valence-corrected chi connectivity index (χ4v) is 2.86. The number of nitrogens with one attached hydrogen (secondary N) is 2. The highest BCUT2D eigenvalue weighted by molar-refractivity contribution is 7.16. The molecule has 2 heterocycles. The number of hydrogen-bond acceptors (Lipinski definition) is 4. The van der Waals surface area contributed by atoms with Crippen LogP contribution in [-0.2, 0) is 5.54 Å². The van der Waals surface area contributed by atoms with Crippen molar-refractivity contribution < 1.29 is 4.79 Å². The molecular weight excluding hydrogens is 284 g/mol. The lowest BCUT2D eigenvalue weighted by Crippen LogP contribution is -2.41. The zero-order valence-corrected chi connectivity index (χ0v) is 12.9. The van der Waals surface area contributed by atoms with Gasteiger partial charge in [0, 0.05) is 17.5 Å². The van der Waals surface area contributed by atoms with Crippen molar-refractivity contribution in [3.8, 4) is 0 Å². The number of carbonyl (C=O) groups is 1. The molecule has 3 rings (SSSR count). The molecule has 0 unspecified atom stereocenters. The average Bonchev–Trinajstić information content (AvgIpc) is 3.05. The van der Waals surface area contributed by atoms with E-state index in [1.165, 1.54) is 11.3 Å². The molecule has 1 amide bonds. The Morgan fingerprint density at radius 2 is 2.14 bits per heavy atom. The summed E-state index contributed by atoms with van der Waals surface area (Å²) in [6.07, 6.45) is 1.76. The first-order chi connectivity index (χ1) is 9.95.